The van der Waals surface area contributed by atoms with Crippen LogP contribution >= 0.6 is 0 Å². The lowest BCUT2D eigenvalue weighted by Crippen LogP contribution is -2.35. The van der Waals surface area contributed by atoms with Crippen molar-refractivity contribution in [2.24, 2.45) is 0 Å². The molecule has 0 saturated carbocycles. The molecular weight excluding hydrogens is 276 g/mol. The van der Waals surface area contributed by atoms with E-state index in [2.05, 4.69) is 24.5 Å². The van der Waals surface area contributed by atoms with Crippen LogP contribution < -0.4 is 10.6 Å². The third-order valence-electron chi connectivity index (χ3n) is 3.69. The number of aromatic hydroxyl groups is 2. The van der Waals surface area contributed by atoms with Gasteiger partial charge in [0.1, 0.15) is 11.5 Å². The van der Waals surface area contributed by atoms with Crippen molar-refractivity contribution in [3.05, 3.63) is 59.7 Å². The van der Waals surface area contributed by atoms with Gasteiger partial charge in [0.15, 0.2) is 0 Å². The third kappa shape index (κ3) is 4.00. The molecule has 2 aromatic rings. The van der Waals surface area contributed by atoms with Gasteiger partial charge in [-0.2, -0.15) is 0 Å². The maximum absolute atomic E-state index is 9.49. The second kappa shape index (κ2) is 7.82. The van der Waals surface area contributed by atoms with E-state index in [-0.39, 0.29) is 23.6 Å². The first-order valence-electron chi connectivity index (χ1n) is 7.70. The number of likely N-dealkylation sites (N-methyl/N-ethyl adjacent to an activating group) is 2. The zero-order valence-corrected chi connectivity index (χ0v) is 13.1. The standard InChI is InChI=1S/C18H24N2O2/c1-3-19-17(13-5-9-15(21)10-6-13)18(20-4-2)14-7-11-16(22)12-8-14/h5-12,17-22H,3-4H2,1-2H3. The molecule has 4 heteroatoms. The largest absolute Gasteiger partial charge is 0.508 e. The van der Waals surface area contributed by atoms with Gasteiger partial charge in [0.05, 0.1) is 12.1 Å². The van der Waals surface area contributed by atoms with Gasteiger partial charge < -0.3 is 20.8 Å². The summed E-state index contributed by atoms with van der Waals surface area (Å²) in [5.41, 5.74) is 2.22. The van der Waals surface area contributed by atoms with Crippen LogP contribution in [-0.4, -0.2) is 23.3 Å². The molecule has 0 saturated heterocycles. The van der Waals surface area contributed by atoms with Crippen molar-refractivity contribution in [2.45, 2.75) is 25.9 Å². The lowest BCUT2D eigenvalue weighted by molar-refractivity contribution is 0.396. The van der Waals surface area contributed by atoms with Gasteiger partial charge in [0, 0.05) is 0 Å². The molecule has 0 aliphatic heterocycles. The van der Waals surface area contributed by atoms with Gasteiger partial charge in [0.25, 0.3) is 0 Å². The molecule has 2 atom stereocenters. The molecule has 0 aliphatic carbocycles. The molecule has 0 heterocycles. The Hall–Kier alpha value is -2.04. The summed E-state index contributed by atoms with van der Waals surface area (Å²) in [5, 5.41) is 26.0. The highest BCUT2D eigenvalue weighted by Gasteiger charge is 2.23. The normalized spacial score (nSPS) is 13.7. The van der Waals surface area contributed by atoms with E-state index in [0.717, 1.165) is 24.2 Å². The van der Waals surface area contributed by atoms with E-state index in [1.807, 2.05) is 24.3 Å². The number of phenolic OH excluding ortho intramolecular Hbond substituents is 2. The summed E-state index contributed by atoms with van der Waals surface area (Å²) < 4.78 is 0. The van der Waals surface area contributed by atoms with Crippen molar-refractivity contribution in [3.8, 4) is 11.5 Å². The minimum absolute atomic E-state index is 0.0788. The first kappa shape index (κ1) is 16.3. The Morgan fingerprint density at radius 2 is 1.00 bits per heavy atom. The second-order valence-corrected chi connectivity index (χ2v) is 5.25. The molecule has 2 unspecified atom stereocenters. The molecule has 4 N–H and O–H groups in total. The number of nitrogens with one attached hydrogen (secondary N) is 2. The van der Waals surface area contributed by atoms with Gasteiger partial charge in [0.2, 0.25) is 0 Å². The highest BCUT2D eigenvalue weighted by atomic mass is 16.3. The molecule has 2 rings (SSSR count). The lowest BCUT2D eigenvalue weighted by Gasteiger charge is -2.29. The fraction of sp³-hybridized carbons (Fsp3) is 0.333. The van der Waals surface area contributed by atoms with Crippen molar-refractivity contribution in [3.63, 3.8) is 0 Å². The van der Waals surface area contributed by atoms with E-state index in [4.69, 9.17) is 0 Å². The highest BCUT2D eigenvalue weighted by Crippen LogP contribution is 2.30. The van der Waals surface area contributed by atoms with Crippen LogP contribution in [0.25, 0.3) is 0 Å². The fourth-order valence-electron chi connectivity index (χ4n) is 2.66. The van der Waals surface area contributed by atoms with E-state index >= 15 is 0 Å². The zero-order chi connectivity index (χ0) is 15.9. The van der Waals surface area contributed by atoms with Crippen molar-refractivity contribution in [2.75, 3.05) is 13.1 Å². The fourth-order valence-corrected chi connectivity index (χ4v) is 2.66. The van der Waals surface area contributed by atoms with Crippen LogP contribution in [0.5, 0.6) is 11.5 Å². The van der Waals surface area contributed by atoms with Crippen LogP contribution in [0.1, 0.15) is 37.1 Å². The Morgan fingerprint density at radius 3 is 1.27 bits per heavy atom. The molecule has 0 aliphatic rings. The van der Waals surface area contributed by atoms with Gasteiger partial charge in [-0.1, -0.05) is 38.1 Å². The zero-order valence-electron chi connectivity index (χ0n) is 13.1. The molecule has 118 valence electrons. The van der Waals surface area contributed by atoms with Crippen LogP contribution in [0, 0.1) is 0 Å². The van der Waals surface area contributed by atoms with Gasteiger partial charge in [-0.25, -0.2) is 0 Å². The van der Waals surface area contributed by atoms with Crippen molar-refractivity contribution in [1.82, 2.24) is 10.6 Å². The predicted octanol–water partition coefficient (Wildman–Crippen LogP) is 3.10. The third-order valence-corrected chi connectivity index (χ3v) is 3.69. The number of phenols is 2. The second-order valence-electron chi connectivity index (χ2n) is 5.25. The van der Waals surface area contributed by atoms with Crippen LogP contribution in [0.2, 0.25) is 0 Å². The Bertz CT molecular complexity index is 513. The molecule has 2 aromatic carbocycles. The molecular formula is C18H24N2O2. The molecule has 0 amide bonds. The molecule has 0 fully saturated rings. The van der Waals surface area contributed by atoms with Crippen molar-refractivity contribution < 1.29 is 10.2 Å². The summed E-state index contributed by atoms with van der Waals surface area (Å²) in [5.74, 6) is 0.535. The summed E-state index contributed by atoms with van der Waals surface area (Å²) >= 11 is 0. The minimum atomic E-state index is 0.0788. The number of rotatable bonds is 7. The molecule has 0 spiro atoms. The molecule has 22 heavy (non-hydrogen) atoms. The first-order chi connectivity index (χ1) is 10.7. The topological polar surface area (TPSA) is 64.5 Å². The molecule has 0 bridgehead atoms. The Morgan fingerprint density at radius 1 is 0.682 bits per heavy atom. The van der Waals surface area contributed by atoms with E-state index in [1.165, 1.54) is 0 Å². The maximum atomic E-state index is 9.49. The van der Waals surface area contributed by atoms with Gasteiger partial charge in [-0.15, -0.1) is 0 Å². The SMILES string of the molecule is CCNC(c1ccc(O)cc1)C(NCC)c1ccc(O)cc1. The molecule has 0 aromatic heterocycles. The van der Waals surface area contributed by atoms with Gasteiger partial charge in [-0.3, -0.25) is 0 Å². The summed E-state index contributed by atoms with van der Waals surface area (Å²) in [6.07, 6.45) is 0. The lowest BCUT2D eigenvalue weighted by atomic mass is 9.93. The van der Waals surface area contributed by atoms with E-state index < -0.39 is 0 Å². The Kier molecular flexibility index (Phi) is 5.81. The average molecular weight is 300 g/mol. The van der Waals surface area contributed by atoms with E-state index in [1.54, 1.807) is 24.3 Å². The summed E-state index contributed by atoms with van der Waals surface area (Å²) in [7, 11) is 0. The number of hydrogen-bond donors (Lipinski definition) is 4. The summed E-state index contributed by atoms with van der Waals surface area (Å²) in [6.45, 7) is 5.83. The smallest absolute Gasteiger partial charge is 0.115 e. The van der Waals surface area contributed by atoms with E-state index in [0.29, 0.717) is 0 Å². The minimum Gasteiger partial charge on any atom is -0.508 e. The predicted molar refractivity (Wildman–Crippen MR) is 89.0 cm³/mol. The van der Waals surface area contributed by atoms with Crippen molar-refractivity contribution in [1.29, 1.82) is 0 Å². The Labute approximate surface area is 131 Å². The van der Waals surface area contributed by atoms with Crippen LogP contribution in [0.3, 0.4) is 0 Å². The maximum Gasteiger partial charge on any atom is 0.115 e. The summed E-state index contributed by atoms with van der Waals surface area (Å²) in [4.78, 5) is 0. The van der Waals surface area contributed by atoms with Crippen LogP contribution in [0.4, 0.5) is 0 Å². The number of benzene rings is 2. The first-order valence-corrected chi connectivity index (χ1v) is 7.70. The van der Waals surface area contributed by atoms with Crippen LogP contribution in [0.15, 0.2) is 48.5 Å². The quantitative estimate of drug-likeness (QED) is 0.634. The summed E-state index contributed by atoms with van der Waals surface area (Å²) in [6, 6.07) is 14.7. The van der Waals surface area contributed by atoms with Crippen molar-refractivity contribution >= 4 is 0 Å². The van der Waals surface area contributed by atoms with E-state index in [9.17, 15) is 10.2 Å². The molecule has 4 nitrogen and oxygen atoms in total. The number of hydrogen-bond acceptors (Lipinski definition) is 4. The van der Waals surface area contributed by atoms with Gasteiger partial charge in [-0.05, 0) is 48.5 Å². The Balaban J connectivity index is 2.36. The molecule has 0 radical (unpaired) electrons. The highest BCUT2D eigenvalue weighted by molar-refractivity contribution is 5.33. The average Bonchev–Trinajstić information content (AvgIpc) is 2.53. The monoisotopic (exact) mass is 300 g/mol. The van der Waals surface area contributed by atoms with Gasteiger partial charge >= 0.3 is 0 Å². The van der Waals surface area contributed by atoms with Crippen LogP contribution in [-0.2, 0) is 0 Å².